The highest BCUT2D eigenvalue weighted by atomic mass is 31.2. The van der Waals surface area contributed by atoms with Crippen LogP contribution >= 0.6 is 7.82 Å². The van der Waals surface area contributed by atoms with Gasteiger partial charge >= 0.3 is 7.82 Å². The van der Waals surface area contributed by atoms with Crippen molar-refractivity contribution in [2.24, 2.45) is 5.73 Å². The molecule has 8 nitrogen and oxygen atoms in total. The first kappa shape index (κ1) is 52.2. The number of rotatable bonds is 43. The van der Waals surface area contributed by atoms with Crippen molar-refractivity contribution in [2.75, 3.05) is 19.8 Å². The molecule has 5 N–H and O–H groups in total. The summed E-state index contributed by atoms with van der Waals surface area (Å²) in [5.74, 6) is -0.191. The van der Waals surface area contributed by atoms with E-state index in [4.69, 9.17) is 14.8 Å². The van der Waals surface area contributed by atoms with Crippen molar-refractivity contribution in [1.82, 2.24) is 5.32 Å². The average Bonchev–Trinajstić information content (AvgIpc) is 3.14. The molecule has 0 radical (unpaired) electrons. The van der Waals surface area contributed by atoms with Crippen LogP contribution in [0.2, 0.25) is 0 Å². The molecule has 0 aromatic heterocycles. The molecule has 0 aromatic carbocycles. The van der Waals surface area contributed by atoms with Gasteiger partial charge in [-0.25, -0.2) is 4.57 Å². The molecule has 0 aromatic rings. The summed E-state index contributed by atoms with van der Waals surface area (Å²) in [6.07, 6.45) is 45.6. The van der Waals surface area contributed by atoms with Crippen molar-refractivity contribution >= 4 is 13.7 Å². The maximum absolute atomic E-state index is 12.7. The molecule has 316 valence electrons. The lowest BCUT2D eigenvalue weighted by Gasteiger charge is -2.23. The lowest BCUT2D eigenvalue weighted by Crippen LogP contribution is -2.45. The Hall–Kier alpha value is -0.760. The van der Waals surface area contributed by atoms with Crippen LogP contribution in [0.5, 0.6) is 0 Å². The summed E-state index contributed by atoms with van der Waals surface area (Å²) in [4.78, 5) is 22.7. The van der Waals surface area contributed by atoms with Crippen LogP contribution in [0.25, 0.3) is 0 Å². The fourth-order valence-electron chi connectivity index (χ4n) is 6.90. The van der Waals surface area contributed by atoms with Crippen molar-refractivity contribution < 1.29 is 28.4 Å². The molecule has 0 aliphatic carbocycles. The summed E-state index contributed by atoms with van der Waals surface area (Å²) in [6, 6.07) is -0.853. The Labute approximate surface area is 328 Å². The predicted octanol–water partition coefficient (Wildman–Crippen LogP) is 12.8. The largest absolute Gasteiger partial charge is 0.472 e. The summed E-state index contributed by atoms with van der Waals surface area (Å²) in [7, 11) is -4.33. The Morgan fingerprint density at radius 1 is 0.604 bits per heavy atom. The van der Waals surface area contributed by atoms with E-state index in [9.17, 15) is 19.4 Å². The van der Waals surface area contributed by atoms with Crippen molar-refractivity contribution in [2.45, 2.75) is 244 Å². The van der Waals surface area contributed by atoms with Crippen LogP contribution in [-0.4, -0.2) is 47.8 Å². The van der Waals surface area contributed by atoms with Gasteiger partial charge in [0.1, 0.15) is 0 Å². The molecule has 0 heterocycles. The van der Waals surface area contributed by atoms with E-state index in [1.54, 1.807) is 6.08 Å². The quantitative estimate of drug-likeness (QED) is 0.0276. The smallest absolute Gasteiger partial charge is 0.387 e. The van der Waals surface area contributed by atoms with Crippen LogP contribution in [0.4, 0.5) is 0 Å². The van der Waals surface area contributed by atoms with Crippen LogP contribution in [0.3, 0.4) is 0 Å². The van der Waals surface area contributed by atoms with Gasteiger partial charge in [0.05, 0.1) is 25.4 Å². The van der Waals surface area contributed by atoms with Gasteiger partial charge in [0, 0.05) is 13.0 Å². The minimum atomic E-state index is -4.33. The number of hydrogen-bond acceptors (Lipinski definition) is 6. The lowest BCUT2D eigenvalue weighted by molar-refractivity contribution is -0.123. The van der Waals surface area contributed by atoms with Crippen LogP contribution in [-0.2, 0) is 18.4 Å². The predicted molar refractivity (Wildman–Crippen MR) is 226 cm³/mol. The zero-order chi connectivity index (χ0) is 38.9. The van der Waals surface area contributed by atoms with Gasteiger partial charge in [-0.3, -0.25) is 13.8 Å². The molecule has 0 aliphatic heterocycles. The van der Waals surface area contributed by atoms with Crippen LogP contribution < -0.4 is 11.1 Å². The number of nitrogens with two attached hydrogens (primary N) is 1. The van der Waals surface area contributed by atoms with Gasteiger partial charge in [-0.2, -0.15) is 0 Å². The second-order valence-electron chi connectivity index (χ2n) is 15.6. The fourth-order valence-corrected chi connectivity index (χ4v) is 7.66. The SMILES string of the molecule is CCCCCCCCCCC/C=C/C(O)C(COP(=O)(O)OCCN)NC(=O)CCCCCCCCCCCCCCCCCCCCCCCCC. The number of amides is 1. The second-order valence-corrected chi connectivity index (χ2v) is 17.1. The monoisotopic (exact) mass is 773 g/mol. The highest BCUT2D eigenvalue weighted by Gasteiger charge is 2.26. The van der Waals surface area contributed by atoms with Crippen molar-refractivity contribution in [3.8, 4) is 0 Å². The Morgan fingerprint density at radius 3 is 1.34 bits per heavy atom. The Morgan fingerprint density at radius 2 is 0.962 bits per heavy atom. The van der Waals surface area contributed by atoms with E-state index in [1.165, 1.54) is 173 Å². The van der Waals surface area contributed by atoms with Gasteiger partial charge in [-0.05, 0) is 19.3 Å². The van der Waals surface area contributed by atoms with E-state index >= 15 is 0 Å². The number of hydrogen-bond donors (Lipinski definition) is 4. The van der Waals surface area contributed by atoms with E-state index in [1.807, 2.05) is 6.08 Å². The molecule has 0 aliphatic rings. The molecular formula is C44H89N2O6P. The normalized spacial score (nSPS) is 14.1. The maximum Gasteiger partial charge on any atom is 0.472 e. The van der Waals surface area contributed by atoms with Gasteiger partial charge < -0.3 is 21.1 Å². The highest BCUT2D eigenvalue weighted by molar-refractivity contribution is 7.47. The van der Waals surface area contributed by atoms with Gasteiger partial charge in [-0.15, -0.1) is 0 Å². The molecule has 0 bridgehead atoms. The molecule has 53 heavy (non-hydrogen) atoms. The molecule has 0 fully saturated rings. The summed E-state index contributed by atoms with van der Waals surface area (Å²) < 4.78 is 22.1. The molecule has 3 atom stereocenters. The van der Waals surface area contributed by atoms with E-state index in [2.05, 4.69) is 19.2 Å². The molecule has 9 heteroatoms. The Kier molecular flexibility index (Phi) is 40.3. The minimum Gasteiger partial charge on any atom is -0.387 e. The highest BCUT2D eigenvalue weighted by Crippen LogP contribution is 2.43. The molecule has 0 spiro atoms. The number of phosphoric ester groups is 1. The number of phosphoric acid groups is 1. The van der Waals surface area contributed by atoms with Crippen molar-refractivity contribution in [3.05, 3.63) is 12.2 Å². The molecule has 0 saturated heterocycles. The van der Waals surface area contributed by atoms with Crippen LogP contribution in [0.1, 0.15) is 232 Å². The summed E-state index contributed by atoms with van der Waals surface area (Å²) in [5.41, 5.74) is 5.37. The van der Waals surface area contributed by atoms with Crippen LogP contribution in [0, 0.1) is 0 Å². The molecule has 0 rings (SSSR count). The number of aliphatic hydroxyl groups excluding tert-OH is 1. The second kappa shape index (κ2) is 40.9. The minimum absolute atomic E-state index is 0.0812. The van der Waals surface area contributed by atoms with Crippen LogP contribution in [0.15, 0.2) is 12.2 Å². The zero-order valence-corrected chi connectivity index (χ0v) is 35.9. The molecule has 3 unspecified atom stereocenters. The third-order valence-electron chi connectivity index (χ3n) is 10.4. The first-order valence-electron chi connectivity index (χ1n) is 22.8. The number of nitrogens with one attached hydrogen (secondary N) is 1. The number of carbonyl (C=O) groups is 1. The van der Waals surface area contributed by atoms with E-state index in [0.717, 1.165) is 38.5 Å². The molecule has 0 saturated carbocycles. The van der Waals surface area contributed by atoms with Gasteiger partial charge in [0.25, 0.3) is 0 Å². The number of unbranched alkanes of at least 4 members (excludes halogenated alkanes) is 31. The van der Waals surface area contributed by atoms with E-state index in [-0.39, 0.29) is 25.7 Å². The Bertz CT molecular complexity index is 845. The molecule has 1 amide bonds. The Balaban J connectivity index is 4.01. The number of allylic oxidation sites excluding steroid dienone is 1. The average molecular weight is 773 g/mol. The van der Waals surface area contributed by atoms with Gasteiger partial charge in [0.15, 0.2) is 0 Å². The standard InChI is InChI=1S/C44H89N2O6P/c1-3-5-7-9-11-13-15-16-17-18-19-20-21-22-23-24-25-26-28-30-32-34-36-38-44(48)46-42(41-52-53(49,50)51-40-39-45)43(47)37-35-33-31-29-27-14-12-10-8-6-4-2/h35,37,42-43,47H,3-34,36,38-41,45H2,1-2H3,(H,46,48)(H,49,50)/b37-35+. The summed E-state index contributed by atoms with van der Waals surface area (Å²) >= 11 is 0. The third kappa shape index (κ3) is 39.3. The van der Waals surface area contributed by atoms with Crippen molar-refractivity contribution in [1.29, 1.82) is 0 Å². The lowest BCUT2D eigenvalue weighted by atomic mass is 10.0. The third-order valence-corrected chi connectivity index (χ3v) is 11.3. The topological polar surface area (TPSA) is 131 Å². The molecular weight excluding hydrogens is 683 g/mol. The van der Waals surface area contributed by atoms with E-state index in [0.29, 0.717) is 6.42 Å². The fraction of sp³-hybridized carbons (Fsp3) is 0.932. The zero-order valence-electron chi connectivity index (χ0n) is 35.0. The maximum atomic E-state index is 12.7. The summed E-state index contributed by atoms with van der Waals surface area (Å²) in [6.45, 7) is 4.14. The number of carbonyl (C=O) groups excluding carboxylic acids is 1. The number of aliphatic hydroxyl groups is 1. The first-order chi connectivity index (χ1) is 25.9. The van der Waals surface area contributed by atoms with Gasteiger partial charge in [-0.1, -0.05) is 219 Å². The van der Waals surface area contributed by atoms with E-state index < -0.39 is 20.0 Å². The van der Waals surface area contributed by atoms with Crippen molar-refractivity contribution in [3.63, 3.8) is 0 Å². The summed E-state index contributed by atoms with van der Waals surface area (Å²) in [5, 5.41) is 13.6. The van der Waals surface area contributed by atoms with Gasteiger partial charge in [0.2, 0.25) is 5.91 Å². The first-order valence-corrected chi connectivity index (χ1v) is 24.3.